The summed E-state index contributed by atoms with van der Waals surface area (Å²) in [5.74, 6) is -2.30. The molecular formula is C28H36F2N4O5S. The molecule has 40 heavy (non-hydrogen) atoms. The minimum absolute atomic E-state index is 0.0341. The van der Waals surface area contributed by atoms with Gasteiger partial charge in [0.15, 0.2) is 0 Å². The molecule has 1 amide bonds. The van der Waals surface area contributed by atoms with Gasteiger partial charge < -0.3 is 20.2 Å². The Morgan fingerprint density at radius 2 is 1.77 bits per heavy atom. The van der Waals surface area contributed by atoms with Gasteiger partial charge in [-0.15, -0.1) is 0 Å². The predicted molar refractivity (Wildman–Crippen MR) is 148 cm³/mol. The number of carbonyl (C=O) groups excluding carboxylic acids is 1. The maximum Gasteiger partial charge on any atom is 0.308 e. The number of amides is 1. The molecule has 0 aliphatic rings. The van der Waals surface area contributed by atoms with Crippen LogP contribution in [0.2, 0.25) is 0 Å². The van der Waals surface area contributed by atoms with E-state index in [9.17, 15) is 27.1 Å². The molecule has 0 saturated heterocycles. The van der Waals surface area contributed by atoms with Crippen molar-refractivity contribution in [3.05, 3.63) is 82.7 Å². The molecule has 0 unspecified atom stereocenters. The number of aryl methyl sites for hydroxylation is 1. The highest BCUT2D eigenvalue weighted by Gasteiger charge is 2.24. The summed E-state index contributed by atoms with van der Waals surface area (Å²) in [7, 11) is -3.66. The lowest BCUT2D eigenvalue weighted by Gasteiger charge is -2.25. The molecule has 0 radical (unpaired) electrons. The van der Waals surface area contributed by atoms with E-state index in [-0.39, 0.29) is 48.3 Å². The number of sulfonamides is 1. The van der Waals surface area contributed by atoms with Crippen molar-refractivity contribution >= 4 is 21.9 Å². The zero-order valence-corrected chi connectivity index (χ0v) is 23.6. The lowest BCUT2D eigenvalue weighted by atomic mass is 10.00. The van der Waals surface area contributed by atoms with E-state index in [0.717, 1.165) is 36.4 Å². The van der Waals surface area contributed by atoms with Crippen molar-refractivity contribution in [2.45, 2.75) is 58.7 Å². The van der Waals surface area contributed by atoms with E-state index in [1.54, 1.807) is 13.8 Å². The largest absolute Gasteiger partial charge is 0.431 e. The van der Waals surface area contributed by atoms with Gasteiger partial charge in [-0.2, -0.15) is 4.98 Å². The van der Waals surface area contributed by atoms with Crippen molar-refractivity contribution in [2.24, 2.45) is 5.92 Å². The van der Waals surface area contributed by atoms with Crippen LogP contribution in [0.1, 0.15) is 43.2 Å². The SMILES string of the molecule is CCc1cccc(CNC[C@@H](O)[C@H](Cc2cc(F)cc(F)c2)NC(=O)Cc2coc(NS(=O)(=O)CC(C)C)n2)c1. The van der Waals surface area contributed by atoms with Gasteiger partial charge in [-0.25, -0.2) is 21.9 Å². The zero-order valence-electron chi connectivity index (χ0n) is 22.8. The van der Waals surface area contributed by atoms with Crippen LogP contribution in [0.25, 0.3) is 0 Å². The number of aliphatic hydroxyl groups is 1. The monoisotopic (exact) mass is 578 g/mol. The summed E-state index contributed by atoms with van der Waals surface area (Å²) in [6.07, 6.45) is 0.652. The van der Waals surface area contributed by atoms with E-state index in [1.165, 1.54) is 5.56 Å². The molecule has 0 saturated carbocycles. The molecule has 0 aliphatic heterocycles. The number of rotatable bonds is 15. The summed E-state index contributed by atoms with van der Waals surface area (Å²) >= 11 is 0. The number of aromatic nitrogens is 1. The summed E-state index contributed by atoms with van der Waals surface area (Å²) in [4.78, 5) is 16.9. The second-order valence-corrected chi connectivity index (χ2v) is 11.9. The van der Waals surface area contributed by atoms with Crippen LogP contribution in [0.15, 0.2) is 53.1 Å². The van der Waals surface area contributed by atoms with Crippen LogP contribution >= 0.6 is 0 Å². The van der Waals surface area contributed by atoms with Crippen molar-refractivity contribution in [1.29, 1.82) is 0 Å². The fourth-order valence-corrected chi connectivity index (χ4v) is 5.52. The van der Waals surface area contributed by atoms with Gasteiger partial charge in [0.2, 0.25) is 15.9 Å². The van der Waals surface area contributed by atoms with Crippen molar-refractivity contribution in [1.82, 2.24) is 15.6 Å². The fraction of sp³-hybridized carbons (Fsp3) is 0.429. The van der Waals surface area contributed by atoms with E-state index in [2.05, 4.69) is 33.3 Å². The normalized spacial score (nSPS) is 13.3. The molecule has 1 aromatic heterocycles. The number of oxazole rings is 1. The van der Waals surface area contributed by atoms with Crippen molar-refractivity contribution in [3.8, 4) is 0 Å². The van der Waals surface area contributed by atoms with Crippen LogP contribution in [0.5, 0.6) is 0 Å². The van der Waals surface area contributed by atoms with E-state index in [4.69, 9.17) is 4.42 Å². The van der Waals surface area contributed by atoms with Gasteiger partial charge in [-0.05, 0) is 47.6 Å². The Morgan fingerprint density at radius 1 is 1.07 bits per heavy atom. The predicted octanol–water partition coefficient (Wildman–Crippen LogP) is 3.33. The second kappa shape index (κ2) is 14.3. The number of halogens is 2. The Bertz CT molecular complexity index is 1360. The van der Waals surface area contributed by atoms with Gasteiger partial charge in [0.25, 0.3) is 0 Å². The standard InChI is InChI=1S/C28H36F2N4O5S/c1-4-19-6-5-7-20(8-19)14-31-15-26(35)25(11-21-9-22(29)12-23(30)10-21)33-27(36)13-24-16-39-28(32-24)34-40(37,38)17-18(2)3/h5-10,12,16,18,25-26,31,35H,4,11,13-15,17H2,1-3H3,(H,32,34)(H,33,36)/t25-,26+/m0/s1. The zero-order chi connectivity index (χ0) is 29.3. The van der Waals surface area contributed by atoms with Crippen molar-refractivity contribution in [2.75, 3.05) is 17.0 Å². The Morgan fingerprint density at radius 3 is 2.45 bits per heavy atom. The lowest BCUT2D eigenvalue weighted by Crippen LogP contribution is -2.49. The van der Waals surface area contributed by atoms with Crippen LogP contribution in [0.3, 0.4) is 0 Å². The molecule has 2 aromatic carbocycles. The Hall–Kier alpha value is -3.35. The molecule has 12 heteroatoms. The van der Waals surface area contributed by atoms with Crippen LogP contribution < -0.4 is 15.4 Å². The van der Waals surface area contributed by atoms with Gasteiger partial charge in [-0.1, -0.05) is 45.0 Å². The summed E-state index contributed by atoms with van der Waals surface area (Å²) in [6.45, 7) is 6.16. The summed E-state index contributed by atoms with van der Waals surface area (Å²) < 4.78 is 59.2. The highest BCUT2D eigenvalue weighted by molar-refractivity contribution is 7.92. The van der Waals surface area contributed by atoms with Crippen molar-refractivity contribution in [3.63, 3.8) is 0 Å². The minimum Gasteiger partial charge on any atom is -0.431 e. The van der Waals surface area contributed by atoms with Crippen LogP contribution in [0.4, 0.5) is 14.8 Å². The molecule has 0 fully saturated rings. The Balaban J connectivity index is 1.65. The number of aliphatic hydroxyl groups excluding tert-OH is 1. The minimum atomic E-state index is -3.66. The van der Waals surface area contributed by atoms with Gasteiger partial charge in [0, 0.05) is 19.2 Å². The highest BCUT2D eigenvalue weighted by atomic mass is 32.2. The first-order valence-corrected chi connectivity index (χ1v) is 14.7. The maximum atomic E-state index is 13.8. The number of hydrogen-bond donors (Lipinski definition) is 4. The van der Waals surface area contributed by atoms with E-state index in [0.29, 0.717) is 6.54 Å². The number of benzene rings is 2. The summed E-state index contributed by atoms with van der Waals surface area (Å²) in [6, 6.07) is 9.89. The molecule has 9 nitrogen and oxygen atoms in total. The number of carbonyl (C=O) groups is 1. The summed E-state index contributed by atoms with van der Waals surface area (Å²) in [5, 5.41) is 16.8. The molecular weight excluding hydrogens is 542 g/mol. The molecule has 4 N–H and O–H groups in total. The average molecular weight is 579 g/mol. The molecule has 2 atom stereocenters. The van der Waals surface area contributed by atoms with Crippen molar-refractivity contribution < 1.29 is 31.5 Å². The van der Waals surface area contributed by atoms with Gasteiger partial charge >= 0.3 is 6.01 Å². The van der Waals surface area contributed by atoms with Crippen LogP contribution in [0, 0.1) is 17.6 Å². The third-order valence-electron chi connectivity index (χ3n) is 5.96. The lowest BCUT2D eigenvalue weighted by molar-refractivity contribution is -0.122. The number of nitrogens with one attached hydrogen (secondary N) is 3. The Kier molecular flexibility index (Phi) is 11.2. The third kappa shape index (κ3) is 10.3. The summed E-state index contributed by atoms with van der Waals surface area (Å²) in [5.41, 5.74) is 2.64. The fourth-order valence-electron chi connectivity index (χ4n) is 4.20. The van der Waals surface area contributed by atoms with E-state index < -0.39 is 39.7 Å². The molecule has 218 valence electrons. The molecule has 0 aliphatic carbocycles. The molecule has 0 spiro atoms. The van der Waals surface area contributed by atoms with E-state index in [1.807, 2.05) is 18.2 Å². The van der Waals surface area contributed by atoms with Crippen LogP contribution in [-0.4, -0.2) is 48.9 Å². The Labute approximate surface area is 233 Å². The molecule has 0 bridgehead atoms. The number of anilines is 1. The second-order valence-electron chi connectivity index (χ2n) is 10.1. The maximum absolute atomic E-state index is 13.8. The molecule has 1 heterocycles. The first kappa shape index (κ1) is 31.2. The number of hydrogen-bond acceptors (Lipinski definition) is 7. The quantitative estimate of drug-likeness (QED) is 0.217. The van der Waals surface area contributed by atoms with Gasteiger partial charge in [0.05, 0.1) is 30.0 Å². The van der Waals surface area contributed by atoms with Crippen LogP contribution in [-0.2, 0) is 40.6 Å². The average Bonchev–Trinajstić information content (AvgIpc) is 3.27. The molecule has 3 rings (SSSR count). The molecule has 3 aromatic rings. The third-order valence-corrected chi connectivity index (χ3v) is 7.55. The van der Waals surface area contributed by atoms with Gasteiger partial charge in [-0.3, -0.25) is 4.79 Å². The first-order valence-electron chi connectivity index (χ1n) is 13.1. The first-order chi connectivity index (χ1) is 18.9. The van der Waals surface area contributed by atoms with E-state index >= 15 is 0 Å². The topological polar surface area (TPSA) is 134 Å². The number of nitrogens with zero attached hydrogens (tertiary/aromatic N) is 1. The highest BCUT2D eigenvalue weighted by Crippen LogP contribution is 2.14. The van der Waals surface area contributed by atoms with Gasteiger partial charge in [0.1, 0.15) is 17.9 Å². The smallest absolute Gasteiger partial charge is 0.308 e.